The minimum atomic E-state index is -0.193. The SMILES string of the molecule is CCN1CC(C(=O)NCCCCO)CC1=O. The Bertz CT molecular complexity index is 256. The molecule has 2 N–H and O–H groups in total. The van der Waals surface area contributed by atoms with E-state index in [-0.39, 0.29) is 24.3 Å². The van der Waals surface area contributed by atoms with Crippen molar-refractivity contribution in [3.63, 3.8) is 0 Å². The van der Waals surface area contributed by atoms with Crippen LogP contribution in [0.1, 0.15) is 26.2 Å². The first kappa shape index (κ1) is 13.0. The van der Waals surface area contributed by atoms with Crippen LogP contribution in [0.2, 0.25) is 0 Å². The number of nitrogens with zero attached hydrogens (tertiary/aromatic N) is 1. The number of amides is 2. The molecule has 1 unspecified atom stereocenters. The monoisotopic (exact) mass is 228 g/mol. The van der Waals surface area contributed by atoms with E-state index in [2.05, 4.69) is 5.32 Å². The lowest BCUT2D eigenvalue weighted by Crippen LogP contribution is -2.33. The summed E-state index contributed by atoms with van der Waals surface area (Å²) in [7, 11) is 0. The number of nitrogens with one attached hydrogen (secondary N) is 1. The van der Waals surface area contributed by atoms with E-state index in [9.17, 15) is 9.59 Å². The molecule has 0 radical (unpaired) electrons. The quantitative estimate of drug-likeness (QED) is 0.616. The zero-order chi connectivity index (χ0) is 12.0. The number of hydrogen-bond acceptors (Lipinski definition) is 3. The molecular weight excluding hydrogens is 208 g/mol. The Morgan fingerprint density at radius 2 is 2.31 bits per heavy atom. The van der Waals surface area contributed by atoms with E-state index in [1.165, 1.54) is 0 Å². The average Bonchev–Trinajstić information content (AvgIpc) is 2.66. The molecule has 5 heteroatoms. The van der Waals surface area contributed by atoms with Gasteiger partial charge in [-0.25, -0.2) is 0 Å². The summed E-state index contributed by atoms with van der Waals surface area (Å²) in [6.45, 7) is 3.87. The average molecular weight is 228 g/mol. The first-order valence-corrected chi connectivity index (χ1v) is 5.85. The van der Waals surface area contributed by atoms with E-state index in [0.717, 1.165) is 6.42 Å². The van der Waals surface area contributed by atoms with E-state index < -0.39 is 0 Å². The van der Waals surface area contributed by atoms with E-state index in [4.69, 9.17) is 5.11 Å². The molecule has 0 aliphatic carbocycles. The molecule has 2 amide bonds. The van der Waals surface area contributed by atoms with Gasteiger partial charge in [-0.1, -0.05) is 0 Å². The highest BCUT2D eigenvalue weighted by Crippen LogP contribution is 2.17. The van der Waals surface area contributed by atoms with E-state index in [0.29, 0.717) is 32.5 Å². The summed E-state index contributed by atoms with van der Waals surface area (Å²) in [5, 5.41) is 11.4. The summed E-state index contributed by atoms with van der Waals surface area (Å²) in [6.07, 6.45) is 1.81. The summed E-state index contributed by atoms with van der Waals surface area (Å²) in [4.78, 5) is 24.8. The predicted octanol–water partition coefficient (Wildman–Crippen LogP) is -0.257. The zero-order valence-electron chi connectivity index (χ0n) is 9.74. The largest absolute Gasteiger partial charge is 0.396 e. The number of rotatable bonds is 6. The lowest BCUT2D eigenvalue weighted by molar-refractivity contribution is -0.128. The van der Waals surface area contributed by atoms with Crippen molar-refractivity contribution in [2.45, 2.75) is 26.2 Å². The fourth-order valence-corrected chi connectivity index (χ4v) is 1.85. The van der Waals surface area contributed by atoms with Gasteiger partial charge in [0.05, 0.1) is 5.92 Å². The second kappa shape index (κ2) is 6.48. The molecule has 1 rings (SSSR count). The number of likely N-dealkylation sites (tertiary alicyclic amines) is 1. The van der Waals surface area contributed by atoms with Crippen LogP contribution in [0.3, 0.4) is 0 Å². The van der Waals surface area contributed by atoms with Crippen LogP contribution >= 0.6 is 0 Å². The Labute approximate surface area is 95.8 Å². The number of unbranched alkanes of at least 4 members (excludes halogenated alkanes) is 1. The lowest BCUT2D eigenvalue weighted by atomic mass is 10.1. The number of aliphatic hydroxyl groups is 1. The maximum atomic E-state index is 11.7. The number of carbonyl (C=O) groups is 2. The van der Waals surface area contributed by atoms with Gasteiger partial charge in [0, 0.05) is 32.7 Å². The Morgan fingerprint density at radius 1 is 1.56 bits per heavy atom. The molecule has 1 aliphatic rings. The van der Waals surface area contributed by atoms with E-state index >= 15 is 0 Å². The zero-order valence-corrected chi connectivity index (χ0v) is 9.74. The van der Waals surface area contributed by atoms with Crippen LogP contribution in [0.4, 0.5) is 0 Å². The van der Waals surface area contributed by atoms with Crippen LogP contribution in [0.15, 0.2) is 0 Å². The first-order chi connectivity index (χ1) is 7.69. The highest BCUT2D eigenvalue weighted by Gasteiger charge is 2.32. The van der Waals surface area contributed by atoms with Crippen molar-refractivity contribution in [1.29, 1.82) is 0 Å². The summed E-state index contributed by atoms with van der Waals surface area (Å²) >= 11 is 0. The third kappa shape index (κ3) is 3.48. The molecule has 0 saturated carbocycles. The van der Waals surface area contributed by atoms with Crippen molar-refractivity contribution in [3.05, 3.63) is 0 Å². The molecule has 16 heavy (non-hydrogen) atoms. The van der Waals surface area contributed by atoms with Crippen LogP contribution in [0.5, 0.6) is 0 Å². The van der Waals surface area contributed by atoms with Crippen molar-refractivity contribution in [3.8, 4) is 0 Å². The molecule has 1 atom stereocenters. The molecule has 0 bridgehead atoms. The molecule has 0 spiro atoms. The molecule has 1 heterocycles. The highest BCUT2D eigenvalue weighted by molar-refractivity contribution is 5.89. The second-order valence-corrected chi connectivity index (χ2v) is 4.06. The van der Waals surface area contributed by atoms with Gasteiger partial charge >= 0.3 is 0 Å². The van der Waals surface area contributed by atoms with Crippen LogP contribution in [-0.4, -0.2) is 48.1 Å². The van der Waals surface area contributed by atoms with Gasteiger partial charge in [-0.2, -0.15) is 0 Å². The summed E-state index contributed by atoms with van der Waals surface area (Å²) in [5.74, 6) is -0.165. The van der Waals surface area contributed by atoms with Crippen LogP contribution < -0.4 is 5.32 Å². The van der Waals surface area contributed by atoms with Gasteiger partial charge in [-0.05, 0) is 19.8 Å². The van der Waals surface area contributed by atoms with Crippen molar-refractivity contribution < 1.29 is 14.7 Å². The molecule has 1 saturated heterocycles. The molecule has 0 aromatic rings. The molecule has 5 nitrogen and oxygen atoms in total. The van der Waals surface area contributed by atoms with Gasteiger partial charge in [-0.3, -0.25) is 9.59 Å². The lowest BCUT2D eigenvalue weighted by Gasteiger charge is -2.13. The maximum Gasteiger partial charge on any atom is 0.225 e. The number of aliphatic hydroxyl groups excluding tert-OH is 1. The second-order valence-electron chi connectivity index (χ2n) is 4.06. The minimum absolute atomic E-state index is 0.0396. The van der Waals surface area contributed by atoms with Gasteiger partial charge in [0.25, 0.3) is 0 Å². The van der Waals surface area contributed by atoms with Gasteiger partial charge < -0.3 is 15.3 Å². The molecule has 0 aromatic heterocycles. The Kier molecular flexibility index (Phi) is 5.25. The van der Waals surface area contributed by atoms with E-state index in [1.807, 2.05) is 6.92 Å². The fourth-order valence-electron chi connectivity index (χ4n) is 1.85. The van der Waals surface area contributed by atoms with Gasteiger partial charge in [0.15, 0.2) is 0 Å². The van der Waals surface area contributed by atoms with Crippen LogP contribution in [-0.2, 0) is 9.59 Å². The Morgan fingerprint density at radius 3 is 2.88 bits per heavy atom. The Hall–Kier alpha value is -1.10. The molecule has 92 valence electrons. The third-order valence-corrected chi connectivity index (χ3v) is 2.85. The topological polar surface area (TPSA) is 69.6 Å². The summed E-state index contributed by atoms with van der Waals surface area (Å²) < 4.78 is 0. The fraction of sp³-hybridized carbons (Fsp3) is 0.818. The maximum absolute atomic E-state index is 11.7. The van der Waals surface area contributed by atoms with Crippen molar-refractivity contribution in [2.24, 2.45) is 5.92 Å². The summed E-state index contributed by atoms with van der Waals surface area (Å²) in [6, 6.07) is 0. The molecule has 1 aliphatic heterocycles. The number of hydrogen-bond donors (Lipinski definition) is 2. The van der Waals surface area contributed by atoms with Crippen LogP contribution in [0.25, 0.3) is 0 Å². The first-order valence-electron chi connectivity index (χ1n) is 5.85. The predicted molar refractivity (Wildman–Crippen MR) is 59.7 cm³/mol. The highest BCUT2D eigenvalue weighted by atomic mass is 16.3. The smallest absolute Gasteiger partial charge is 0.225 e. The summed E-state index contributed by atoms with van der Waals surface area (Å²) in [5.41, 5.74) is 0. The minimum Gasteiger partial charge on any atom is -0.396 e. The Balaban J connectivity index is 2.25. The molecule has 1 fully saturated rings. The van der Waals surface area contributed by atoms with E-state index in [1.54, 1.807) is 4.90 Å². The molecule has 0 aromatic carbocycles. The van der Waals surface area contributed by atoms with Gasteiger partial charge in [0.1, 0.15) is 0 Å². The third-order valence-electron chi connectivity index (χ3n) is 2.85. The van der Waals surface area contributed by atoms with Crippen molar-refractivity contribution >= 4 is 11.8 Å². The normalized spacial score (nSPS) is 20.2. The van der Waals surface area contributed by atoms with Crippen molar-refractivity contribution in [2.75, 3.05) is 26.2 Å². The van der Waals surface area contributed by atoms with Crippen LogP contribution in [0, 0.1) is 5.92 Å². The number of carbonyl (C=O) groups excluding carboxylic acids is 2. The van der Waals surface area contributed by atoms with Crippen molar-refractivity contribution in [1.82, 2.24) is 10.2 Å². The van der Waals surface area contributed by atoms with Gasteiger partial charge in [-0.15, -0.1) is 0 Å². The molecular formula is C11H20N2O3. The van der Waals surface area contributed by atoms with Gasteiger partial charge in [0.2, 0.25) is 11.8 Å². The standard InChI is InChI=1S/C11H20N2O3/c1-2-13-8-9(7-10(13)15)11(16)12-5-3-4-6-14/h9,14H,2-8H2,1H3,(H,12,16).